The summed E-state index contributed by atoms with van der Waals surface area (Å²) in [6, 6.07) is 0. The molecule has 5 atom stereocenters. The second-order valence-electron chi connectivity index (χ2n) is 7.37. The van der Waals surface area contributed by atoms with Gasteiger partial charge in [-0.05, 0) is 48.3 Å². The molecule has 0 spiro atoms. The van der Waals surface area contributed by atoms with Gasteiger partial charge in [-0.2, -0.15) is 0 Å². The van der Waals surface area contributed by atoms with Gasteiger partial charge in [0.05, 0.1) is 0 Å². The molecule has 2 aliphatic carbocycles. The third-order valence-electron chi connectivity index (χ3n) is 5.50. The predicted octanol–water partition coefficient (Wildman–Crippen LogP) is 5.13. The maximum absolute atomic E-state index is 3.62. The van der Waals surface area contributed by atoms with Crippen molar-refractivity contribution in [1.82, 2.24) is 0 Å². The van der Waals surface area contributed by atoms with E-state index in [0.29, 0.717) is 5.41 Å². The lowest BCUT2D eigenvalue weighted by molar-refractivity contribution is 0.133. The van der Waals surface area contributed by atoms with Crippen molar-refractivity contribution in [1.29, 1.82) is 0 Å². The van der Waals surface area contributed by atoms with Gasteiger partial charge in [-0.25, -0.2) is 0 Å². The maximum Gasteiger partial charge on any atom is 0.0267 e. The van der Waals surface area contributed by atoms with Gasteiger partial charge in [0.25, 0.3) is 0 Å². The maximum atomic E-state index is 3.62. The zero-order chi connectivity index (χ0) is 13.3. The second-order valence-corrected chi connectivity index (χ2v) is 7.37. The molecule has 2 aliphatic rings. The fourth-order valence-electron chi connectivity index (χ4n) is 4.21. The third-order valence-corrected chi connectivity index (χ3v) is 5.50. The Morgan fingerprint density at radius 3 is 2.44 bits per heavy atom. The highest BCUT2D eigenvalue weighted by Crippen LogP contribution is 2.74. The smallest absolute Gasteiger partial charge is 0.0267 e. The molecule has 0 amide bonds. The lowest BCUT2D eigenvalue weighted by Gasteiger charge is -2.37. The highest BCUT2D eigenvalue weighted by molar-refractivity contribution is 5.26. The van der Waals surface area contributed by atoms with Crippen LogP contribution in [0.2, 0.25) is 0 Å². The molecule has 0 nitrogen and oxygen atoms in total. The highest BCUT2D eigenvalue weighted by atomic mass is 14.7. The Balaban J connectivity index is 1.81. The van der Waals surface area contributed by atoms with Gasteiger partial charge >= 0.3 is 0 Å². The van der Waals surface area contributed by atoms with Gasteiger partial charge in [0.1, 0.15) is 0 Å². The fraction of sp³-hybridized carbons (Fsp3) is 0.889. The van der Waals surface area contributed by atoms with Crippen LogP contribution in [-0.4, -0.2) is 0 Å². The van der Waals surface area contributed by atoms with Crippen molar-refractivity contribution >= 4 is 0 Å². The molecule has 5 unspecified atom stereocenters. The molecule has 0 bridgehead atoms. The van der Waals surface area contributed by atoms with E-state index in [0.717, 1.165) is 36.0 Å². The predicted molar refractivity (Wildman–Crippen MR) is 79.1 cm³/mol. The van der Waals surface area contributed by atoms with Crippen LogP contribution >= 0.6 is 0 Å². The fourth-order valence-corrected chi connectivity index (χ4v) is 4.21. The van der Waals surface area contributed by atoms with Gasteiger partial charge in [-0.1, -0.05) is 47.0 Å². The van der Waals surface area contributed by atoms with Crippen molar-refractivity contribution in [3.63, 3.8) is 0 Å². The van der Waals surface area contributed by atoms with Crippen LogP contribution in [0.3, 0.4) is 0 Å². The van der Waals surface area contributed by atoms with Crippen LogP contribution < -0.4 is 0 Å². The zero-order valence-electron chi connectivity index (χ0n) is 12.9. The van der Waals surface area contributed by atoms with E-state index in [1.807, 2.05) is 0 Å². The number of hydrogen-bond donors (Lipinski definition) is 0. The molecular weight excluding hydrogens is 216 g/mol. The molecule has 0 saturated heterocycles. The molecule has 0 radical (unpaired) electrons. The first kappa shape index (κ1) is 14.0. The summed E-state index contributed by atoms with van der Waals surface area (Å²) in [5, 5.41) is 0. The van der Waals surface area contributed by atoms with Crippen LogP contribution in [0, 0.1) is 46.8 Å². The summed E-state index contributed by atoms with van der Waals surface area (Å²) >= 11 is 0. The van der Waals surface area contributed by atoms with E-state index in [1.165, 1.54) is 25.7 Å². The van der Waals surface area contributed by atoms with Crippen LogP contribution in [0.4, 0.5) is 0 Å². The summed E-state index contributed by atoms with van der Waals surface area (Å²) in [5.74, 6) is 11.4. The van der Waals surface area contributed by atoms with E-state index in [1.54, 1.807) is 0 Å². The average Bonchev–Trinajstić information content (AvgIpc) is 2.89. The molecule has 2 fully saturated rings. The van der Waals surface area contributed by atoms with Gasteiger partial charge in [0.2, 0.25) is 0 Å². The van der Waals surface area contributed by atoms with Gasteiger partial charge < -0.3 is 0 Å². The van der Waals surface area contributed by atoms with Crippen molar-refractivity contribution in [2.45, 2.75) is 66.7 Å². The Labute approximate surface area is 114 Å². The first-order chi connectivity index (χ1) is 8.50. The summed E-state index contributed by atoms with van der Waals surface area (Å²) in [7, 11) is 0. The first-order valence-corrected chi connectivity index (χ1v) is 7.99. The number of rotatable bonds is 5. The molecule has 102 valence electrons. The highest BCUT2D eigenvalue weighted by Gasteiger charge is 2.68. The minimum atomic E-state index is 0.670. The molecule has 0 heteroatoms. The Kier molecular flexibility index (Phi) is 4.10. The van der Waals surface area contributed by atoms with Crippen molar-refractivity contribution in [3.8, 4) is 11.8 Å². The minimum Gasteiger partial charge on any atom is -0.103 e. The minimum absolute atomic E-state index is 0.670. The quantitative estimate of drug-likeness (QED) is 0.590. The summed E-state index contributed by atoms with van der Waals surface area (Å²) in [5.41, 5.74) is 0.670. The normalized spacial score (nSPS) is 36.1. The molecule has 18 heavy (non-hydrogen) atoms. The first-order valence-electron chi connectivity index (χ1n) is 7.99. The summed E-state index contributed by atoms with van der Waals surface area (Å²) in [6.45, 7) is 11.7. The van der Waals surface area contributed by atoms with Gasteiger partial charge in [-0.15, -0.1) is 5.92 Å². The van der Waals surface area contributed by atoms with Crippen molar-refractivity contribution in [3.05, 3.63) is 0 Å². The molecule has 0 heterocycles. The summed E-state index contributed by atoms with van der Waals surface area (Å²) in [6.07, 6.45) is 6.63. The molecule has 2 saturated carbocycles. The molecule has 0 aliphatic heterocycles. The van der Waals surface area contributed by atoms with Crippen LogP contribution in [0.1, 0.15) is 66.7 Å². The van der Waals surface area contributed by atoms with E-state index in [9.17, 15) is 0 Å². The number of fused-ring (bicyclic) bond motifs is 1. The van der Waals surface area contributed by atoms with Gasteiger partial charge in [0, 0.05) is 12.3 Å². The standard InChI is InChI=1S/C18H30/c1-6-15(5)18-12-17(18)11-16(18)9-7-8-14(4)10-13(2)3/h13-17H,6,8,10-12H2,1-5H3. The molecule has 0 aromatic rings. The van der Waals surface area contributed by atoms with Gasteiger partial charge in [-0.3, -0.25) is 0 Å². The van der Waals surface area contributed by atoms with Crippen LogP contribution in [0.5, 0.6) is 0 Å². The summed E-state index contributed by atoms with van der Waals surface area (Å²) in [4.78, 5) is 0. The third kappa shape index (κ3) is 2.47. The average molecular weight is 246 g/mol. The van der Waals surface area contributed by atoms with E-state index in [-0.39, 0.29) is 0 Å². The van der Waals surface area contributed by atoms with E-state index in [2.05, 4.69) is 46.5 Å². The Morgan fingerprint density at radius 1 is 1.22 bits per heavy atom. The van der Waals surface area contributed by atoms with Crippen LogP contribution in [0.25, 0.3) is 0 Å². The topological polar surface area (TPSA) is 0 Å². The lowest BCUT2D eigenvalue weighted by Crippen LogP contribution is -2.33. The molecule has 0 N–H and O–H groups in total. The SMILES string of the molecule is CCC(C)C12CC1CC2C#CCC(C)CC(C)C. The monoisotopic (exact) mass is 246 g/mol. The molecule has 2 rings (SSSR count). The van der Waals surface area contributed by atoms with Crippen molar-refractivity contribution in [2.75, 3.05) is 0 Å². The van der Waals surface area contributed by atoms with E-state index >= 15 is 0 Å². The van der Waals surface area contributed by atoms with E-state index in [4.69, 9.17) is 0 Å². The van der Waals surface area contributed by atoms with Crippen molar-refractivity contribution in [2.24, 2.45) is 35.0 Å². The van der Waals surface area contributed by atoms with Crippen LogP contribution in [-0.2, 0) is 0 Å². The van der Waals surface area contributed by atoms with Gasteiger partial charge in [0.15, 0.2) is 0 Å². The largest absolute Gasteiger partial charge is 0.103 e. The molecular formula is C18H30. The second kappa shape index (κ2) is 5.28. The number of hydrogen-bond acceptors (Lipinski definition) is 0. The summed E-state index contributed by atoms with van der Waals surface area (Å²) < 4.78 is 0. The Morgan fingerprint density at radius 2 is 1.94 bits per heavy atom. The van der Waals surface area contributed by atoms with E-state index < -0.39 is 0 Å². The zero-order valence-corrected chi connectivity index (χ0v) is 12.9. The lowest BCUT2D eigenvalue weighted by atomic mass is 9.66. The van der Waals surface area contributed by atoms with Crippen molar-refractivity contribution < 1.29 is 0 Å². The molecule has 0 aromatic carbocycles. The Hall–Kier alpha value is -0.440. The van der Waals surface area contributed by atoms with Crippen LogP contribution in [0.15, 0.2) is 0 Å². The molecule has 0 aromatic heterocycles. The Bertz CT molecular complexity index is 343.